The lowest BCUT2D eigenvalue weighted by atomic mass is 10.2. The number of H-pyrrole nitrogens is 1. The van der Waals surface area contributed by atoms with Crippen LogP contribution in [0.15, 0.2) is 10.9 Å². The molecule has 1 rings (SSSR count). The third-order valence-electron chi connectivity index (χ3n) is 1.72. The number of hydrogen-bond acceptors (Lipinski definition) is 2. The molecule has 0 spiro atoms. The number of carbonyl (C=O) groups excluding carboxylic acids is 1. The van der Waals surface area contributed by atoms with Crippen molar-refractivity contribution in [3.63, 3.8) is 0 Å². The number of halogens is 2. The molecule has 1 heterocycles. The van der Waals surface area contributed by atoms with Gasteiger partial charge >= 0.3 is 0 Å². The van der Waals surface area contributed by atoms with Crippen molar-refractivity contribution in [2.75, 3.05) is 0 Å². The zero-order valence-corrected chi connectivity index (χ0v) is 10.3. The van der Waals surface area contributed by atoms with Gasteiger partial charge in [-0.3, -0.25) is 9.59 Å². The number of aromatic nitrogens is 1. The molecule has 0 saturated carbocycles. The van der Waals surface area contributed by atoms with E-state index in [0.717, 1.165) is 0 Å². The first-order valence-electron chi connectivity index (χ1n) is 3.82. The Hall–Kier alpha value is -0.560. The molecule has 1 amide bonds. The van der Waals surface area contributed by atoms with Crippen LogP contribution in [0.4, 0.5) is 4.79 Å². The predicted molar refractivity (Wildman–Crippen MR) is 63.1 cm³/mol. The summed E-state index contributed by atoms with van der Waals surface area (Å²) in [4.78, 5) is 24.9. The molecule has 0 aromatic carbocycles. The number of carbonyl (C=O) groups is 1. The van der Waals surface area contributed by atoms with Gasteiger partial charge in [-0.1, -0.05) is 11.6 Å². The fourth-order valence-electron chi connectivity index (χ4n) is 1.06. The van der Waals surface area contributed by atoms with Gasteiger partial charge in [0.25, 0.3) is 3.91 Å². The maximum atomic E-state index is 11.4. The van der Waals surface area contributed by atoms with E-state index in [-0.39, 0.29) is 15.9 Å². The van der Waals surface area contributed by atoms with Gasteiger partial charge in [0, 0.05) is 46.5 Å². The molecule has 0 fully saturated rings. The smallest absolute Gasteiger partial charge is 0.280 e. The van der Waals surface area contributed by atoms with Crippen LogP contribution in [-0.4, -0.2) is 8.90 Å². The van der Waals surface area contributed by atoms with Gasteiger partial charge in [-0.25, -0.2) is 0 Å². The number of pyridine rings is 1. The summed E-state index contributed by atoms with van der Waals surface area (Å²) in [7, 11) is 0. The van der Waals surface area contributed by atoms with E-state index >= 15 is 0 Å². The van der Waals surface area contributed by atoms with Gasteiger partial charge in [0.2, 0.25) is 0 Å². The van der Waals surface area contributed by atoms with Crippen LogP contribution in [0.3, 0.4) is 0 Å². The average molecular weight is 327 g/mol. The molecule has 2 N–H and O–H groups in total. The molecule has 1 aromatic heterocycles. The van der Waals surface area contributed by atoms with Crippen molar-refractivity contribution in [2.24, 2.45) is 0 Å². The fraction of sp³-hybridized carbons (Fsp3) is 0.250. The standard InChI is InChI=1S/C8H8ClIN2O2/c1-4-5(3-11-8(10)14)6(13)2-7(9)12-4/h2H,3H2,1H3,(H,11,14)(H,12,13). The highest BCUT2D eigenvalue weighted by molar-refractivity contribution is 14.1. The van der Waals surface area contributed by atoms with E-state index in [9.17, 15) is 9.59 Å². The first-order valence-corrected chi connectivity index (χ1v) is 5.28. The number of hydrogen-bond donors (Lipinski definition) is 2. The number of aromatic amines is 1. The molecular formula is C8H8ClIN2O2. The van der Waals surface area contributed by atoms with Gasteiger partial charge in [0.1, 0.15) is 5.15 Å². The topological polar surface area (TPSA) is 62.0 Å². The monoisotopic (exact) mass is 326 g/mol. The van der Waals surface area contributed by atoms with Gasteiger partial charge in [0.15, 0.2) is 5.43 Å². The highest BCUT2D eigenvalue weighted by Gasteiger charge is 2.05. The predicted octanol–water partition coefficient (Wildman–Crippen LogP) is 1.98. The van der Waals surface area contributed by atoms with E-state index in [1.165, 1.54) is 6.07 Å². The van der Waals surface area contributed by atoms with Crippen LogP contribution in [0.2, 0.25) is 5.15 Å². The van der Waals surface area contributed by atoms with E-state index in [1.807, 2.05) is 0 Å². The quantitative estimate of drug-likeness (QED) is 0.378. The fourth-order valence-corrected chi connectivity index (χ4v) is 1.49. The van der Waals surface area contributed by atoms with Crippen molar-refractivity contribution < 1.29 is 4.79 Å². The zero-order valence-electron chi connectivity index (χ0n) is 7.36. The molecule has 0 aliphatic heterocycles. The minimum Gasteiger partial charge on any atom is -0.349 e. The summed E-state index contributed by atoms with van der Waals surface area (Å²) in [6.07, 6.45) is 0. The Balaban J connectivity index is 2.97. The minimum absolute atomic E-state index is 0.170. The second-order valence-electron chi connectivity index (χ2n) is 2.71. The molecule has 0 atom stereocenters. The van der Waals surface area contributed by atoms with Crippen molar-refractivity contribution in [3.8, 4) is 0 Å². The molecule has 0 unspecified atom stereocenters. The molecule has 0 saturated heterocycles. The summed E-state index contributed by atoms with van der Waals surface area (Å²) in [6, 6.07) is 1.29. The highest BCUT2D eigenvalue weighted by Crippen LogP contribution is 2.05. The number of rotatable bonds is 2. The van der Waals surface area contributed by atoms with Crippen molar-refractivity contribution in [3.05, 3.63) is 32.7 Å². The SMILES string of the molecule is Cc1[nH]c(Cl)cc(=O)c1CNC(=O)I. The summed E-state index contributed by atoms with van der Waals surface area (Å²) >= 11 is 7.25. The third kappa shape index (κ3) is 2.98. The van der Waals surface area contributed by atoms with Gasteiger partial charge < -0.3 is 10.3 Å². The summed E-state index contributed by atoms with van der Waals surface area (Å²) in [5.41, 5.74) is 1.03. The van der Waals surface area contributed by atoms with E-state index in [1.54, 1.807) is 29.5 Å². The van der Waals surface area contributed by atoms with Crippen LogP contribution in [-0.2, 0) is 6.54 Å². The van der Waals surface area contributed by atoms with Crippen LogP contribution < -0.4 is 10.7 Å². The molecule has 6 heteroatoms. The zero-order chi connectivity index (χ0) is 10.7. The number of aryl methyl sites for hydroxylation is 1. The average Bonchev–Trinajstić information content (AvgIpc) is 2.01. The Morgan fingerprint density at radius 1 is 1.71 bits per heavy atom. The molecule has 0 aliphatic carbocycles. The number of nitrogens with one attached hydrogen (secondary N) is 2. The van der Waals surface area contributed by atoms with E-state index in [0.29, 0.717) is 16.4 Å². The molecule has 76 valence electrons. The minimum atomic E-state index is -0.198. The maximum Gasteiger partial charge on any atom is 0.280 e. The Labute approximate surface area is 99.2 Å². The van der Waals surface area contributed by atoms with Gasteiger partial charge in [0.05, 0.1) is 0 Å². The molecule has 14 heavy (non-hydrogen) atoms. The Morgan fingerprint density at radius 2 is 2.36 bits per heavy atom. The van der Waals surface area contributed by atoms with Crippen LogP contribution in [0.1, 0.15) is 11.3 Å². The molecule has 4 nitrogen and oxygen atoms in total. The summed E-state index contributed by atoms with van der Waals surface area (Å²) < 4.78 is -0.198. The maximum absolute atomic E-state index is 11.4. The van der Waals surface area contributed by atoms with Crippen molar-refractivity contribution in [2.45, 2.75) is 13.5 Å². The van der Waals surface area contributed by atoms with E-state index in [4.69, 9.17) is 11.6 Å². The van der Waals surface area contributed by atoms with E-state index in [2.05, 4.69) is 10.3 Å². The number of amides is 1. The third-order valence-corrected chi connectivity index (χ3v) is 2.30. The lowest BCUT2D eigenvalue weighted by molar-refractivity contribution is 0.262. The second kappa shape index (κ2) is 4.79. The highest BCUT2D eigenvalue weighted by atomic mass is 127. The molecule has 0 bridgehead atoms. The first-order chi connectivity index (χ1) is 6.50. The molecule has 0 aliphatic rings. The Morgan fingerprint density at radius 3 is 2.86 bits per heavy atom. The molecule has 1 aromatic rings. The van der Waals surface area contributed by atoms with Crippen LogP contribution in [0.25, 0.3) is 0 Å². The summed E-state index contributed by atoms with van der Waals surface area (Å²) in [6.45, 7) is 1.96. The second-order valence-corrected chi connectivity index (χ2v) is 4.10. The summed E-state index contributed by atoms with van der Waals surface area (Å²) in [5.74, 6) is 0. The van der Waals surface area contributed by atoms with Crippen molar-refractivity contribution in [1.82, 2.24) is 10.3 Å². The van der Waals surface area contributed by atoms with Gasteiger partial charge in [-0.05, 0) is 6.92 Å². The molecule has 0 radical (unpaired) electrons. The van der Waals surface area contributed by atoms with Crippen LogP contribution >= 0.6 is 34.2 Å². The van der Waals surface area contributed by atoms with Gasteiger partial charge in [-0.15, -0.1) is 0 Å². The lowest BCUT2D eigenvalue weighted by Crippen LogP contribution is -2.22. The van der Waals surface area contributed by atoms with E-state index < -0.39 is 0 Å². The lowest BCUT2D eigenvalue weighted by Gasteiger charge is -2.05. The normalized spacial score (nSPS) is 9.93. The van der Waals surface area contributed by atoms with Crippen LogP contribution in [0, 0.1) is 6.92 Å². The summed E-state index contributed by atoms with van der Waals surface area (Å²) in [5, 5.41) is 2.85. The van der Waals surface area contributed by atoms with Crippen molar-refractivity contribution >= 4 is 38.1 Å². The van der Waals surface area contributed by atoms with Crippen LogP contribution in [0.5, 0.6) is 0 Å². The Bertz CT molecular complexity index is 416. The largest absolute Gasteiger partial charge is 0.349 e. The first kappa shape index (κ1) is 11.5. The Kier molecular flexibility index (Phi) is 3.94. The van der Waals surface area contributed by atoms with Crippen molar-refractivity contribution in [1.29, 1.82) is 0 Å². The van der Waals surface area contributed by atoms with Gasteiger partial charge in [-0.2, -0.15) is 0 Å². The molecular weight excluding hydrogens is 318 g/mol.